The summed E-state index contributed by atoms with van der Waals surface area (Å²) < 4.78 is 5.88. The topological polar surface area (TPSA) is 35.2 Å². The molecule has 0 bridgehead atoms. The van der Waals surface area contributed by atoms with Gasteiger partial charge in [-0.1, -0.05) is 67.6 Å². The second kappa shape index (κ2) is 10.4. The Hall–Kier alpha value is -1.51. The molecule has 3 heteroatoms. The van der Waals surface area contributed by atoms with Gasteiger partial charge in [0.1, 0.15) is 5.75 Å². The van der Waals surface area contributed by atoms with Gasteiger partial charge in [0, 0.05) is 5.56 Å². The predicted octanol–water partition coefficient (Wildman–Crippen LogP) is 5.99. The first-order valence-corrected chi connectivity index (χ1v) is 9.28. The number of nitrogens with two attached hydrogens (primary N) is 1. The molecule has 2 nitrogen and oxygen atoms in total. The Bertz CT molecular complexity index is 589. The van der Waals surface area contributed by atoms with Gasteiger partial charge < -0.3 is 10.5 Å². The molecule has 0 saturated heterocycles. The molecule has 24 heavy (non-hydrogen) atoms. The van der Waals surface area contributed by atoms with Crippen molar-refractivity contribution >= 4 is 11.6 Å². The van der Waals surface area contributed by atoms with Gasteiger partial charge in [-0.3, -0.25) is 0 Å². The average Bonchev–Trinajstić information content (AvgIpc) is 2.58. The molecule has 130 valence electrons. The van der Waals surface area contributed by atoms with Crippen molar-refractivity contribution in [1.82, 2.24) is 0 Å². The first-order valence-electron chi connectivity index (χ1n) is 8.91. The van der Waals surface area contributed by atoms with Gasteiger partial charge in [0.05, 0.1) is 11.6 Å². The fourth-order valence-corrected chi connectivity index (χ4v) is 3.28. The molecule has 0 heterocycles. The summed E-state index contributed by atoms with van der Waals surface area (Å²) in [5.41, 5.74) is 8.87. The quantitative estimate of drug-likeness (QED) is 0.536. The zero-order valence-corrected chi connectivity index (χ0v) is 15.3. The molecule has 0 aliphatic rings. The van der Waals surface area contributed by atoms with Gasteiger partial charge in [0.15, 0.2) is 0 Å². The highest BCUT2D eigenvalue weighted by atomic mass is 35.5. The van der Waals surface area contributed by atoms with E-state index in [1.54, 1.807) is 0 Å². The summed E-state index contributed by atoms with van der Waals surface area (Å²) in [5, 5.41) is 0.748. The second-order valence-electron chi connectivity index (χ2n) is 6.22. The van der Waals surface area contributed by atoms with Gasteiger partial charge in [-0.15, -0.1) is 0 Å². The summed E-state index contributed by atoms with van der Waals surface area (Å²) in [6.45, 7) is 3.64. The first-order chi connectivity index (χ1) is 11.7. The lowest BCUT2D eigenvalue weighted by molar-refractivity contribution is 0.304. The maximum atomic E-state index is 6.49. The molecule has 0 aromatic heterocycles. The van der Waals surface area contributed by atoms with Crippen LogP contribution in [0, 0.1) is 6.92 Å². The summed E-state index contributed by atoms with van der Waals surface area (Å²) in [4.78, 5) is 0. The monoisotopic (exact) mass is 345 g/mol. The third-order valence-electron chi connectivity index (χ3n) is 4.19. The van der Waals surface area contributed by atoms with Gasteiger partial charge in [0.2, 0.25) is 0 Å². The zero-order valence-electron chi connectivity index (χ0n) is 14.6. The van der Waals surface area contributed by atoms with E-state index in [4.69, 9.17) is 22.1 Å². The summed E-state index contributed by atoms with van der Waals surface area (Å²) in [7, 11) is 0. The number of halogens is 1. The Morgan fingerprint density at radius 1 is 0.917 bits per heavy atom. The van der Waals surface area contributed by atoms with Gasteiger partial charge in [-0.05, 0) is 49.6 Å². The van der Waals surface area contributed by atoms with Gasteiger partial charge >= 0.3 is 0 Å². The van der Waals surface area contributed by atoms with Crippen LogP contribution in [0.5, 0.6) is 5.75 Å². The van der Waals surface area contributed by atoms with E-state index >= 15 is 0 Å². The molecule has 2 aromatic carbocycles. The lowest BCUT2D eigenvalue weighted by Crippen LogP contribution is -1.99. The molecular formula is C21H28ClNO. The van der Waals surface area contributed by atoms with Crippen molar-refractivity contribution in [2.24, 2.45) is 5.73 Å². The highest BCUT2D eigenvalue weighted by Crippen LogP contribution is 2.34. The summed E-state index contributed by atoms with van der Waals surface area (Å²) in [6.07, 6.45) is 7.21. The third-order valence-corrected chi connectivity index (χ3v) is 4.49. The second-order valence-corrected chi connectivity index (χ2v) is 6.63. The van der Waals surface area contributed by atoms with E-state index in [-0.39, 0.29) is 0 Å². The summed E-state index contributed by atoms with van der Waals surface area (Å²) in [5.74, 6) is 0.861. The number of benzene rings is 2. The molecule has 2 rings (SSSR count). The standard InChI is InChI=1S/C21H28ClNO/c1-17-15-19(24-14-10-5-3-2-4-9-13-23)16-20(22)21(17)18-11-7-6-8-12-18/h6-8,11-12,15-16H,2-5,9-10,13-14,23H2,1H3. The van der Waals surface area contributed by atoms with E-state index in [0.717, 1.165) is 53.5 Å². The minimum Gasteiger partial charge on any atom is -0.494 e. The van der Waals surface area contributed by atoms with Crippen LogP contribution in [0.15, 0.2) is 42.5 Å². The summed E-state index contributed by atoms with van der Waals surface area (Å²) in [6, 6.07) is 14.2. The van der Waals surface area contributed by atoms with Crippen molar-refractivity contribution in [3.63, 3.8) is 0 Å². The number of aryl methyl sites for hydroxylation is 1. The Morgan fingerprint density at radius 3 is 2.25 bits per heavy atom. The highest BCUT2D eigenvalue weighted by molar-refractivity contribution is 6.33. The van der Waals surface area contributed by atoms with E-state index in [9.17, 15) is 0 Å². The van der Waals surface area contributed by atoms with Gasteiger partial charge in [-0.2, -0.15) is 0 Å². The molecule has 2 N–H and O–H groups in total. The average molecular weight is 346 g/mol. The van der Waals surface area contributed by atoms with Crippen LogP contribution in [0.1, 0.15) is 44.1 Å². The van der Waals surface area contributed by atoms with E-state index in [1.807, 2.05) is 24.3 Å². The number of unbranched alkanes of at least 4 members (excludes halogenated alkanes) is 5. The molecule has 2 aromatic rings. The lowest BCUT2D eigenvalue weighted by Gasteiger charge is -2.13. The zero-order chi connectivity index (χ0) is 17.2. The number of hydrogen-bond acceptors (Lipinski definition) is 2. The van der Waals surface area contributed by atoms with E-state index in [1.165, 1.54) is 25.7 Å². The van der Waals surface area contributed by atoms with Crippen LogP contribution < -0.4 is 10.5 Å². The van der Waals surface area contributed by atoms with Crippen LogP contribution in [0.2, 0.25) is 5.02 Å². The summed E-state index contributed by atoms with van der Waals surface area (Å²) >= 11 is 6.49. The SMILES string of the molecule is Cc1cc(OCCCCCCCCN)cc(Cl)c1-c1ccccc1. The Morgan fingerprint density at radius 2 is 1.58 bits per heavy atom. The third kappa shape index (κ3) is 5.85. The Kier molecular flexibility index (Phi) is 8.14. The van der Waals surface area contributed by atoms with Crippen molar-refractivity contribution in [2.75, 3.05) is 13.2 Å². The van der Waals surface area contributed by atoms with Crippen LogP contribution in [0.4, 0.5) is 0 Å². The first kappa shape index (κ1) is 18.8. The fourth-order valence-electron chi connectivity index (χ4n) is 2.91. The molecular weight excluding hydrogens is 318 g/mol. The molecule has 0 atom stereocenters. The van der Waals surface area contributed by atoms with Crippen molar-refractivity contribution in [2.45, 2.75) is 45.4 Å². The maximum Gasteiger partial charge on any atom is 0.121 e. The minimum absolute atomic E-state index is 0.747. The van der Waals surface area contributed by atoms with E-state index in [2.05, 4.69) is 25.1 Å². The van der Waals surface area contributed by atoms with E-state index < -0.39 is 0 Å². The van der Waals surface area contributed by atoms with Crippen molar-refractivity contribution in [3.05, 3.63) is 53.1 Å². The number of hydrogen-bond donors (Lipinski definition) is 1. The smallest absolute Gasteiger partial charge is 0.121 e. The largest absolute Gasteiger partial charge is 0.494 e. The van der Waals surface area contributed by atoms with Crippen molar-refractivity contribution < 1.29 is 4.74 Å². The fraction of sp³-hybridized carbons (Fsp3) is 0.429. The lowest BCUT2D eigenvalue weighted by atomic mass is 10.0. The van der Waals surface area contributed by atoms with Crippen molar-refractivity contribution in [3.8, 4) is 16.9 Å². The van der Waals surface area contributed by atoms with Crippen LogP contribution in [0.3, 0.4) is 0 Å². The maximum absolute atomic E-state index is 6.49. The van der Waals surface area contributed by atoms with Crippen LogP contribution in [0.25, 0.3) is 11.1 Å². The Labute approximate surface area is 151 Å². The van der Waals surface area contributed by atoms with Crippen LogP contribution in [-0.4, -0.2) is 13.2 Å². The minimum atomic E-state index is 0.747. The molecule has 0 unspecified atom stereocenters. The van der Waals surface area contributed by atoms with Crippen molar-refractivity contribution in [1.29, 1.82) is 0 Å². The molecule has 0 amide bonds. The van der Waals surface area contributed by atoms with Gasteiger partial charge in [-0.25, -0.2) is 0 Å². The normalized spacial score (nSPS) is 10.8. The number of rotatable bonds is 10. The molecule has 0 saturated carbocycles. The highest BCUT2D eigenvalue weighted by Gasteiger charge is 2.09. The molecule has 0 aliphatic heterocycles. The van der Waals surface area contributed by atoms with Gasteiger partial charge in [0.25, 0.3) is 0 Å². The number of ether oxygens (including phenoxy) is 1. The molecule has 0 radical (unpaired) electrons. The van der Waals surface area contributed by atoms with Crippen LogP contribution >= 0.6 is 11.6 Å². The molecule has 0 aliphatic carbocycles. The van der Waals surface area contributed by atoms with E-state index in [0.29, 0.717) is 0 Å². The predicted molar refractivity (Wildman–Crippen MR) is 104 cm³/mol. The Balaban J connectivity index is 1.83. The van der Waals surface area contributed by atoms with Crippen LogP contribution in [-0.2, 0) is 0 Å². The molecule has 0 fully saturated rings. The molecule has 0 spiro atoms.